The predicted molar refractivity (Wildman–Crippen MR) is 119 cm³/mol. The van der Waals surface area contributed by atoms with Gasteiger partial charge in [0.1, 0.15) is 17.4 Å². The number of aromatic amines is 2. The third-order valence-corrected chi connectivity index (χ3v) is 5.34. The van der Waals surface area contributed by atoms with Crippen LogP contribution in [-0.4, -0.2) is 27.3 Å². The van der Waals surface area contributed by atoms with Crippen molar-refractivity contribution in [1.29, 1.82) is 0 Å². The monoisotopic (exact) mass is 428 g/mol. The molecule has 3 aromatic carbocycles. The van der Waals surface area contributed by atoms with Crippen LogP contribution in [0.4, 0.5) is 4.39 Å². The molecule has 2 aromatic heterocycles. The molecule has 0 bridgehead atoms. The van der Waals surface area contributed by atoms with E-state index in [4.69, 9.17) is 4.74 Å². The third-order valence-electron chi connectivity index (χ3n) is 5.34. The van der Waals surface area contributed by atoms with E-state index in [1.54, 1.807) is 42.5 Å². The zero-order valence-corrected chi connectivity index (χ0v) is 17.0. The number of methoxy groups -OCH3 is 1. The number of halogens is 1. The van der Waals surface area contributed by atoms with Gasteiger partial charge in [0, 0.05) is 11.8 Å². The molecule has 8 heteroatoms. The molecule has 7 nitrogen and oxygen atoms in total. The molecule has 0 unspecified atom stereocenters. The summed E-state index contributed by atoms with van der Waals surface area (Å²) >= 11 is 0. The lowest BCUT2D eigenvalue weighted by molar-refractivity contribution is 0.415. The third kappa shape index (κ3) is 3.41. The fourth-order valence-corrected chi connectivity index (χ4v) is 3.74. The first-order valence-electron chi connectivity index (χ1n) is 9.86. The van der Waals surface area contributed by atoms with Crippen LogP contribution in [0.3, 0.4) is 0 Å². The lowest BCUT2D eigenvalue weighted by Crippen LogP contribution is -2.12. The molecule has 2 heterocycles. The van der Waals surface area contributed by atoms with E-state index in [2.05, 4.69) is 20.2 Å². The summed E-state index contributed by atoms with van der Waals surface area (Å²) in [6.45, 7) is 0. The van der Waals surface area contributed by atoms with Gasteiger partial charge < -0.3 is 9.72 Å². The summed E-state index contributed by atoms with van der Waals surface area (Å²) in [5.41, 5.74) is 1.36. The summed E-state index contributed by atoms with van der Waals surface area (Å²) in [6.07, 6.45) is 0.361. The largest absolute Gasteiger partial charge is 0.497 e. The average Bonchev–Trinajstić information content (AvgIpc) is 2.82. The summed E-state index contributed by atoms with van der Waals surface area (Å²) in [6, 6.07) is 16.7. The molecule has 0 saturated carbocycles. The minimum absolute atomic E-state index is 0.131. The Balaban J connectivity index is 1.59. The Kier molecular flexibility index (Phi) is 4.74. The maximum absolute atomic E-state index is 14.7. The molecule has 158 valence electrons. The number of aromatic nitrogens is 4. The second kappa shape index (κ2) is 7.73. The molecular weight excluding hydrogens is 411 g/mol. The Morgan fingerprint density at radius 3 is 2.56 bits per heavy atom. The van der Waals surface area contributed by atoms with Gasteiger partial charge in [-0.05, 0) is 42.0 Å². The van der Waals surface area contributed by atoms with Crippen LogP contribution in [0.25, 0.3) is 33.1 Å². The molecule has 0 aliphatic rings. The molecule has 0 radical (unpaired) electrons. The molecule has 5 aromatic rings. The van der Waals surface area contributed by atoms with Crippen molar-refractivity contribution in [3.63, 3.8) is 0 Å². The Morgan fingerprint density at radius 1 is 0.938 bits per heavy atom. The first-order chi connectivity index (χ1) is 15.5. The van der Waals surface area contributed by atoms with Gasteiger partial charge in [-0.3, -0.25) is 9.59 Å². The SMILES string of the molecule is COc1ccc2nc(-c3cc(Cc4n[nH]c(=O)c5ccccc45)ccc3F)[nH]c(=O)c2c1. The number of nitrogens with zero attached hydrogens (tertiary/aromatic N) is 2. The summed E-state index contributed by atoms with van der Waals surface area (Å²) in [4.78, 5) is 31.7. The van der Waals surface area contributed by atoms with Crippen molar-refractivity contribution < 1.29 is 9.13 Å². The summed E-state index contributed by atoms with van der Waals surface area (Å²) in [7, 11) is 1.51. The highest BCUT2D eigenvalue weighted by Gasteiger charge is 2.14. The topological polar surface area (TPSA) is 101 Å². The van der Waals surface area contributed by atoms with E-state index in [-0.39, 0.29) is 22.5 Å². The van der Waals surface area contributed by atoms with Crippen molar-refractivity contribution in [2.24, 2.45) is 0 Å². The summed E-state index contributed by atoms with van der Waals surface area (Å²) < 4.78 is 19.9. The fraction of sp³-hybridized carbons (Fsp3) is 0.0833. The molecule has 0 aliphatic heterocycles. The van der Waals surface area contributed by atoms with Gasteiger partial charge in [-0.2, -0.15) is 5.10 Å². The van der Waals surface area contributed by atoms with E-state index < -0.39 is 5.82 Å². The lowest BCUT2D eigenvalue weighted by atomic mass is 10.0. The number of hydrogen-bond acceptors (Lipinski definition) is 5. The molecule has 32 heavy (non-hydrogen) atoms. The van der Waals surface area contributed by atoms with Gasteiger partial charge in [-0.1, -0.05) is 24.3 Å². The maximum atomic E-state index is 14.7. The number of ether oxygens (including phenoxy) is 1. The van der Waals surface area contributed by atoms with Crippen LogP contribution in [-0.2, 0) is 6.42 Å². The van der Waals surface area contributed by atoms with Gasteiger partial charge in [-0.15, -0.1) is 0 Å². The average molecular weight is 428 g/mol. The van der Waals surface area contributed by atoms with Crippen LogP contribution in [0.15, 0.2) is 70.3 Å². The summed E-state index contributed by atoms with van der Waals surface area (Å²) in [5.74, 6) is 0.154. The van der Waals surface area contributed by atoms with Crippen molar-refractivity contribution in [2.75, 3.05) is 7.11 Å². The van der Waals surface area contributed by atoms with Crippen LogP contribution in [0, 0.1) is 5.82 Å². The van der Waals surface area contributed by atoms with E-state index in [0.717, 1.165) is 10.9 Å². The Bertz CT molecular complexity index is 1610. The van der Waals surface area contributed by atoms with Crippen molar-refractivity contribution in [1.82, 2.24) is 20.2 Å². The van der Waals surface area contributed by atoms with Crippen LogP contribution in [0.5, 0.6) is 5.75 Å². The molecule has 2 N–H and O–H groups in total. The van der Waals surface area contributed by atoms with Crippen molar-refractivity contribution in [3.05, 3.63) is 98.4 Å². The second-order valence-corrected chi connectivity index (χ2v) is 7.33. The molecule has 0 fully saturated rings. The number of hydrogen-bond donors (Lipinski definition) is 2. The van der Waals surface area contributed by atoms with E-state index in [1.165, 1.54) is 13.2 Å². The lowest BCUT2D eigenvalue weighted by Gasteiger charge is -2.09. The van der Waals surface area contributed by atoms with Crippen LogP contribution in [0.1, 0.15) is 11.3 Å². The van der Waals surface area contributed by atoms with Crippen molar-refractivity contribution >= 4 is 21.7 Å². The first-order valence-corrected chi connectivity index (χ1v) is 9.86. The van der Waals surface area contributed by atoms with Gasteiger partial charge in [-0.25, -0.2) is 14.5 Å². The van der Waals surface area contributed by atoms with Gasteiger partial charge >= 0.3 is 0 Å². The minimum atomic E-state index is -0.510. The molecular formula is C24H17FN4O3. The van der Waals surface area contributed by atoms with Crippen molar-refractivity contribution in [2.45, 2.75) is 6.42 Å². The normalized spacial score (nSPS) is 11.2. The van der Waals surface area contributed by atoms with E-state index in [0.29, 0.717) is 34.2 Å². The number of benzene rings is 3. The minimum Gasteiger partial charge on any atom is -0.497 e. The van der Waals surface area contributed by atoms with Gasteiger partial charge in [0.2, 0.25) is 0 Å². The van der Waals surface area contributed by atoms with Crippen LogP contribution < -0.4 is 15.9 Å². The molecule has 0 spiro atoms. The Labute approximate surface area is 180 Å². The molecule has 0 saturated heterocycles. The van der Waals surface area contributed by atoms with Crippen molar-refractivity contribution in [3.8, 4) is 17.1 Å². The number of nitrogens with one attached hydrogen (secondary N) is 2. The van der Waals surface area contributed by atoms with E-state index >= 15 is 0 Å². The Morgan fingerprint density at radius 2 is 1.75 bits per heavy atom. The maximum Gasteiger partial charge on any atom is 0.272 e. The van der Waals surface area contributed by atoms with Crippen LogP contribution >= 0.6 is 0 Å². The number of fused-ring (bicyclic) bond motifs is 2. The highest BCUT2D eigenvalue weighted by molar-refractivity contribution is 5.84. The number of rotatable bonds is 4. The quantitative estimate of drug-likeness (QED) is 0.456. The van der Waals surface area contributed by atoms with Crippen LogP contribution in [0.2, 0.25) is 0 Å². The predicted octanol–water partition coefficient (Wildman–Crippen LogP) is 3.57. The number of H-pyrrole nitrogens is 2. The zero-order valence-electron chi connectivity index (χ0n) is 17.0. The van der Waals surface area contributed by atoms with Gasteiger partial charge in [0.25, 0.3) is 11.1 Å². The molecule has 0 aliphatic carbocycles. The first kappa shape index (κ1) is 19.6. The van der Waals surface area contributed by atoms with Gasteiger partial charge in [0.05, 0.1) is 34.7 Å². The highest BCUT2D eigenvalue weighted by atomic mass is 19.1. The fourth-order valence-electron chi connectivity index (χ4n) is 3.74. The smallest absolute Gasteiger partial charge is 0.272 e. The standard InChI is InChI=1S/C24H17FN4O3/c1-32-14-7-9-20-18(12-14)23(30)27-22(26-20)17-10-13(6-8-19(17)25)11-21-15-4-2-3-5-16(15)24(31)29-28-21/h2-10,12H,11H2,1H3,(H,29,31)(H,26,27,30). The van der Waals surface area contributed by atoms with E-state index in [1.807, 2.05) is 12.1 Å². The van der Waals surface area contributed by atoms with Gasteiger partial charge in [0.15, 0.2) is 0 Å². The summed E-state index contributed by atoms with van der Waals surface area (Å²) in [5, 5.41) is 8.31. The Hall–Kier alpha value is -4.33. The molecule has 0 amide bonds. The molecule has 5 rings (SSSR count). The second-order valence-electron chi connectivity index (χ2n) is 7.33. The zero-order chi connectivity index (χ0) is 22.2. The highest BCUT2D eigenvalue weighted by Crippen LogP contribution is 2.25. The van der Waals surface area contributed by atoms with E-state index in [9.17, 15) is 14.0 Å². The molecule has 0 atom stereocenters.